The van der Waals surface area contributed by atoms with E-state index in [-0.39, 0.29) is 11.8 Å². The molecule has 0 radical (unpaired) electrons. The van der Waals surface area contributed by atoms with Crippen LogP contribution >= 0.6 is 23.2 Å². The van der Waals surface area contributed by atoms with Crippen LogP contribution in [0.1, 0.15) is 25.7 Å². The number of amides is 2. The van der Waals surface area contributed by atoms with Gasteiger partial charge in [-0.2, -0.15) is 0 Å². The second-order valence-corrected chi connectivity index (χ2v) is 5.91. The summed E-state index contributed by atoms with van der Waals surface area (Å²) in [6, 6.07) is 0. The fraction of sp³-hybridized carbons (Fsp3) is 0.857. The highest BCUT2D eigenvalue weighted by atomic mass is 35.5. The van der Waals surface area contributed by atoms with E-state index in [1.807, 2.05) is 4.90 Å². The molecule has 0 saturated carbocycles. The first-order chi connectivity index (χ1) is 10.2. The Morgan fingerprint density at radius 3 is 2.19 bits per heavy atom. The normalized spacial score (nSPS) is 16.0. The van der Waals surface area contributed by atoms with Crippen LogP contribution in [0.4, 0.5) is 0 Å². The van der Waals surface area contributed by atoms with Gasteiger partial charge in [-0.3, -0.25) is 14.5 Å². The third kappa shape index (κ3) is 7.88. The number of carbonyl (C=O) groups excluding carboxylic acids is 2. The van der Waals surface area contributed by atoms with Crippen molar-refractivity contribution in [2.75, 3.05) is 51.0 Å². The molecule has 21 heavy (non-hydrogen) atoms. The van der Waals surface area contributed by atoms with Gasteiger partial charge in [-0.1, -0.05) is 0 Å². The molecule has 1 aliphatic rings. The maximum atomic E-state index is 11.8. The van der Waals surface area contributed by atoms with Gasteiger partial charge in [-0.15, -0.1) is 23.2 Å². The smallest absolute Gasteiger partial charge is 0.222 e. The van der Waals surface area contributed by atoms with Crippen LogP contribution in [0, 0.1) is 0 Å². The summed E-state index contributed by atoms with van der Waals surface area (Å²) < 4.78 is 0. The highest BCUT2D eigenvalue weighted by Gasteiger charge is 2.20. The lowest BCUT2D eigenvalue weighted by molar-refractivity contribution is -0.132. The minimum atomic E-state index is 0.0607. The van der Waals surface area contributed by atoms with Crippen molar-refractivity contribution in [3.05, 3.63) is 0 Å². The first-order valence-electron chi connectivity index (χ1n) is 7.56. The van der Waals surface area contributed by atoms with E-state index in [2.05, 4.69) is 10.2 Å². The number of hydrogen-bond donors (Lipinski definition) is 1. The monoisotopic (exact) mass is 337 g/mol. The van der Waals surface area contributed by atoms with Crippen molar-refractivity contribution in [2.24, 2.45) is 0 Å². The quantitative estimate of drug-likeness (QED) is 0.645. The Morgan fingerprint density at radius 2 is 1.57 bits per heavy atom. The topological polar surface area (TPSA) is 52.7 Å². The molecule has 7 heteroatoms. The lowest BCUT2D eigenvalue weighted by atomic mass is 10.2. The summed E-state index contributed by atoms with van der Waals surface area (Å²) >= 11 is 11.1. The molecule has 0 aliphatic carbocycles. The summed E-state index contributed by atoms with van der Waals surface area (Å²) in [5.74, 6) is 1.32. The number of rotatable bonds is 9. The van der Waals surface area contributed by atoms with Gasteiger partial charge in [0.25, 0.3) is 0 Å². The molecule has 0 atom stereocenters. The molecule has 0 aromatic heterocycles. The van der Waals surface area contributed by atoms with Crippen LogP contribution in [0.3, 0.4) is 0 Å². The van der Waals surface area contributed by atoms with Gasteiger partial charge in [-0.05, 0) is 12.8 Å². The Morgan fingerprint density at radius 1 is 0.952 bits per heavy atom. The van der Waals surface area contributed by atoms with Crippen molar-refractivity contribution in [3.8, 4) is 0 Å². The summed E-state index contributed by atoms with van der Waals surface area (Å²) in [6.07, 6.45) is 2.50. The van der Waals surface area contributed by atoms with Crippen molar-refractivity contribution < 1.29 is 9.59 Å². The molecule has 0 unspecified atom stereocenters. The van der Waals surface area contributed by atoms with E-state index in [4.69, 9.17) is 23.2 Å². The van der Waals surface area contributed by atoms with Gasteiger partial charge in [0.15, 0.2) is 0 Å². The molecule has 1 heterocycles. The van der Waals surface area contributed by atoms with E-state index in [9.17, 15) is 9.59 Å². The molecule has 1 rings (SSSR count). The van der Waals surface area contributed by atoms with Crippen LogP contribution in [0.5, 0.6) is 0 Å². The summed E-state index contributed by atoms with van der Waals surface area (Å²) in [7, 11) is 0. The second-order valence-electron chi connectivity index (χ2n) is 5.16. The van der Waals surface area contributed by atoms with Gasteiger partial charge in [0.1, 0.15) is 0 Å². The number of piperazine rings is 1. The van der Waals surface area contributed by atoms with Crippen molar-refractivity contribution in [3.63, 3.8) is 0 Å². The molecule has 5 nitrogen and oxygen atoms in total. The molecule has 1 fully saturated rings. The lowest BCUT2D eigenvalue weighted by Gasteiger charge is -2.34. The Bertz CT molecular complexity index is 319. The Kier molecular flexibility index (Phi) is 9.79. The molecule has 1 aliphatic heterocycles. The molecule has 2 amide bonds. The fourth-order valence-electron chi connectivity index (χ4n) is 2.27. The fourth-order valence-corrected chi connectivity index (χ4v) is 2.53. The van der Waals surface area contributed by atoms with Crippen LogP contribution in [0.15, 0.2) is 0 Å². The van der Waals surface area contributed by atoms with Gasteiger partial charge in [0, 0.05) is 63.9 Å². The lowest BCUT2D eigenvalue weighted by Crippen LogP contribution is -2.50. The van der Waals surface area contributed by atoms with E-state index in [1.165, 1.54) is 0 Å². The maximum Gasteiger partial charge on any atom is 0.222 e. The average Bonchev–Trinajstić information content (AvgIpc) is 2.51. The van der Waals surface area contributed by atoms with Gasteiger partial charge < -0.3 is 10.2 Å². The van der Waals surface area contributed by atoms with Crippen LogP contribution in [0.2, 0.25) is 0 Å². The van der Waals surface area contributed by atoms with Gasteiger partial charge in [-0.25, -0.2) is 0 Å². The first kappa shape index (κ1) is 18.5. The zero-order valence-electron chi connectivity index (χ0n) is 12.5. The number of carbonyl (C=O) groups is 2. The summed E-state index contributed by atoms with van der Waals surface area (Å²) in [5, 5.41) is 2.89. The molecule has 122 valence electrons. The Balaban J connectivity index is 2.10. The molecule has 1 N–H and O–H groups in total. The van der Waals surface area contributed by atoms with Gasteiger partial charge in [0.05, 0.1) is 0 Å². The summed E-state index contributed by atoms with van der Waals surface area (Å²) in [6.45, 7) is 4.74. The summed E-state index contributed by atoms with van der Waals surface area (Å²) in [4.78, 5) is 27.5. The van der Waals surface area contributed by atoms with Gasteiger partial charge in [0.2, 0.25) is 11.8 Å². The third-order valence-electron chi connectivity index (χ3n) is 3.54. The molecule has 0 aromatic carbocycles. The number of hydrogen-bond acceptors (Lipinski definition) is 3. The minimum Gasteiger partial charge on any atom is -0.355 e. The number of halogens is 2. The first-order valence-corrected chi connectivity index (χ1v) is 8.63. The van der Waals surface area contributed by atoms with E-state index >= 15 is 0 Å². The summed E-state index contributed by atoms with van der Waals surface area (Å²) in [5.41, 5.74) is 0. The van der Waals surface area contributed by atoms with Gasteiger partial charge >= 0.3 is 0 Å². The maximum absolute atomic E-state index is 11.8. The van der Waals surface area contributed by atoms with E-state index in [0.717, 1.165) is 45.6 Å². The van der Waals surface area contributed by atoms with Crippen LogP contribution in [-0.4, -0.2) is 72.6 Å². The highest BCUT2D eigenvalue weighted by molar-refractivity contribution is 6.18. The molecular weight excluding hydrogens is 313 g/mol. The molecule has 1 saturated heterocycles. The van der Waals surface area contributed by atoms with Crippen molar-refractivity contribution in [1.82, 2.24) is 15.1 Å². The second kappa shape index (κ2) is 11.1. The molecule has 0 aromatic rings. The van der Waals surface area contributed by atoms with E-state index in [0.29, 0.717) is 31.1 Å². The zero-order valence-corrected chi connectivity index (χ0v) is 14.0. The standard InChI is InChI=1S/C14H25Cl2N3O2/c15-5-1-3-13(20)17-7-8-18-9-11-19(12-10-18)14(21)4-2-6-16/h1-12H2,(H,17,20). The SMILES string of the molecule is O=C(CCCCl)NCCN1CCN(C(=O)CCCCl)CC1. The number of nitrogens with zero attached hydrogens (tertiary/aromatic N) is 2. The molecule has 0 spiro atoms. The Labute approximate surface area is 136 Å². The number of alkyl halides is 2. The predicted molar refractivity (Wildman–Crippen MR) is 85.9 cm³/mol. The van der Waals surface area contributed by atoms with Crippen LogP contribution in [0.25, 0.3) is 0 Å². The number of nitrogens with one attached hydrogen (secondary N) is 1. The highest BCUT2D eigenvalue weighted by Crippen LogP contribution is 2.05. The van der Waals surface area contributed by atoms with Crippen LogP contribution in [-0.2, 0) is 9.59 Å². The van der Waals surface area contributed by atoms with E-state index < -0.39 is 0 Å². The molecular formula is C14H25Cl2N3O2. The van der Waals surface area contributed by atoms with E-state index in [1.54, 1.807) is 0 Å². The zero-order chi connectivity index (χ0) is 15.5. The van der Waals surface area contributed by atoms with Crippen LogP contribution < -0.4 is 5.32 Å². The van der Waals surface area contributed by atoms with Crippen molar-refractivity contribution in [1.29, 1.82) is 0 Å². The molecule has 0 bridgehead atoms. The largest absolute Gasteiger partial charge is 0.355 e. The average molecular weight is 338 g/mol. The predicted octanol–water partition coefficient (Wildman–Crippen LogP) is 1.28. The Hall–Kier alpha value is -0.520. The minimum absolute atomic E-state index is 0.0607. The van der Waals surface area contributed by atoms with Crippen molar-refractivity contribution >= 4 is 35.0 Å². The third-order valence-corrected chi connectivity index (χ3v) is 4.07. The van der Waals surface area contributed by atoms with Crippen molar-refractivity contribution in [2.45, 2.75) is 25.7 Å².